The van der Waals surface area contributed by atoms with Gasteiger partial charge in [-0.15, -0.1) is 0 Å². The summed E-state index contributed by atoms with van der Waals surface area (Å²) >= 11 is 9.96. The summed E-state index contributed by atoms with van der Waals surface area (Å²) in [5.74, 6) is 0.848. The van der Waals surface area contributed by atoms with Crippen LogP contribution < -0.4 is 0 Å². The lowest BCUT2D eigenvalue weighted by molar-refractivity contribution is 1.24. The quantitative estimate of drug-likeness (QED) is 0.739. The van der Waals surface area contributed by atoms with Crippen LogP contribution in [0.2, 0.25) is 5.02 Å². The summed E-state index contributed by atoms with van der Waals surface area (Å²) in [6.07, 6.45) is 6.60. The Hall–Kier alpha value is -0.470. The van der Waals surface area contributed by atoms with Crippen molar-refractivity contribution >= 4 is 30.3 Å². The van der Waals surface area contributed by atoms with Crippen LogP contribution in [0.1, 0.15) is 12.1 Å². The van der Waals surface area contributed by atoms with E-state index in [2.05, 4.69) is 17.6 Å². The van der Waals surface area contributed by atoms with Crippen LogP contribution in [0.3, 0.4) is 0 Å². The minimum absolute atomic E-state index is 0.688. The van der Waals surface area contributed by atoms with Crippen LogP contribution >= 0.6 is 24.2 Å². The first-order chi connectivity index (χ1) is 5.84. The summed E-state index contributed by atoms with van der Waals surface area (Å²) in [5.41, 5.74) is 0.820. The molecule has 0 aliphatic heterocycles. The van der Waals surface area contributed by atoms with Crippen molar-refractivity contribution < 1.29 is 0 Å². The molecule has 1 nitrogen and oxygen atoms in total. The van der Waals surface area contributed by atoms with E-state index < -0.39 is 0 Å². The van der Waals surface area contributed by atoms with Gasteiger partial charge in [0, 0.05) is 6.20 Å². The summed E-state index contributed by atoms with van der Waals surface area (Å²) in [6.45, 7) is 0. The van der Waals surface area contributed by atoms with Gasteiger partial charge in [-0.05, 0) is 30.4 Å². The third kappa shape index (κ3) is 2.88. The van der Waals surface area contributed by atoms with Crippen LogP contribution in [-0.2, 0) is 0 Å². The Kier molecular flexibility index (Phi) is 4.19. The van der Waals surface area contributed by atoms with E-state index in [1.807, 2.05) is 24.3 Å². The van der Waals surface area contributed by atoms with Gasteiger partial charge in [0.2, 0.25) is 0 Å². The Bertz CT molecular complexity index is 273. The second-order valence-electron chi connectivity index (χ2n) is 2.29. The Labute approximate surface area is 82.9 Å². The Balaban J connectivity index is 2.68. The second kappa shape index (κ2) is 5.22. The molecule has 0 fully saturated rings. The minimum atomic E-state index is 0.688. The maximum Gasteiger partial charge on any atom is 0.0812 e. The molecule has 0 amide bonds. The molecule has 3 heteroatoms. The third-order valence-electron chi connectivity index (χ3n) is 1.36. The lowest BCUT2D eigenvalue weighted by Crippen LogP contribution is -1.80. The van der Waals surface area contributed by atoms with Gasteiger partial charge in [-0.3, -0.25) is 4.98 Å². The van der Waals surface area contributed by atoms with Gasteiger partial charge in [-0.25, -0.2) is 0 Å². The Morgan fingerprint density at radius 3 is 3.08 bits per heavy atom. The smallest absolute Gasteiger partial charge is 0.0812 e. The van der Waals surface area contributed by atoms with Crippen molar-refractivity contribution in [1.29, 1.82) is 0 Å². The van der Waals surface area contributed by atoms with Crippen molar-refractivity contribution in [2.45, 2.75) is 6.42 Å². The Morgan fingerprint density at radius 2 is 2.42 bits per heavy atom. The first kappa shape index (κ1) is 9.62. The fourth-order valence-electron chi connectivity index (χ4n) is 0.790. The largest absolute Gasteiger partial charge is 0.255 e. The van der Waals surface area contributed by atoms with Crippen molar-refractivity contribution in [3.05, 3.63) is 35.1 Å². The number of pyridine rings is 1. The van der Waals surface area contributed by atoms with E-state index in [1.54, 1.807) is 6.20 Å². The van der Waals surface area contributed by atoms with Crippen molar-refractivity contribution in [1.82, 2.24) is 4.98 Å². The van der Waals surface area contributed by atoms with Crippen LogP contribution in [0.5, 0.6) is 0 Å². The fourth-order valence-corrected chi connectivity index (χ4v) is 1.12. The molecule has 1 heterocycles. The van der Waals surface area contributed by atoms with Gasteiger partial charge < -0.3 is 0 Å². The SMILES string of the molecule is SCCC=Cc1ncccc1Cl. The van der Waals surface area contributed by atoms with E-state index >= 15 is 0 Å². The number of nitrogens with zero attached hydrogens (tertiary/aromatic N) is 1. The average Bonchev–Trinajstić information content (AvgIpc) is 2.09. The maximum absolute atomic E-state index is 5.87. The van der Waals surface area contributed by atoms with Crippen molar-refractivity contribution in [2.24, 2.45) is 0 Å². The zero-order chi connectivity index (χ0) is 8.81. The molecule has 0 spiro atoms. The van der Waals surface area contributed by atoms with E-state index in [0.29, 0.717) is 5.02 Å². The molecule has 0 aliphatic carbocycles. The maximum atomic E-state index is 5.87. The van der Waals surface area contributed by atoms with Crippen molar-refractivity contribution in [3.8, 4) is 0 Å². The predicted octanol–water partition coefficient (Wildman–Crippen LogP) is 3.07. The highest BCUT2D eigenvalue weighted by Crippen LogP contribution is 2.13. The number of halogens is 1. The van der Waals surface area contributed by atoms with E-state index in [0.717, 1.165) is 17.9 Å². The van der Waals surface area contributed by atoms with E-state index in [4.69, 9.17) is 11.6 Å². The average molecular weight is 200 g/mol. The molecule has 0 unspecified atom stereocenters. The number of rotatable bonds is 3. The molecular formula is C9H10ClNS. The van der Waals surface area contributed by atoms with Crippen LogP contribution in [0.4, 0.5) is 0 Å². The number of thiol groups is 1. The molecule has 0 saturated heterocycles. The number of aromatic nitrogens is 1. The summed E-state index contributed by atoms with van der Waals surface area (Å²) < 4.78 is 0. The fraction of sp³-hybridized carbons (Fsp3) is 0.222. The highest BCUT2D eigenvalue weighted by molar-refractivity contribution is 7.80. The summed E-state index contributed by atoms with van der Waals surface area (Å²) in [4.78, 5) is 4.11. The van der Waals surface area contributed by atoms with Crippen LogP contribution in [-0.4, -0.2) is 10.7 Å². The first-order valence-electron chi connectivity index (χ1n) is 3.72. The molecule has 1 aromatic rings. The van der Waals surface area contributed by atoms with Crippen molar-refractivity contribution in [2.75, 3.05) is 5.75 Å². The number of hydrogen-bond donors (Lipinski definition) is 1. The van der Waals surface area contributed by atoms with E-state index in [9.17, 15) is 0 Å². The molecule has 0 N–H and O–H groups in total. The molecule has 0 aliphatic rings. The van der Waals surface area contributed by atoms with Gasteiger partial charge >= 0.3 is 0 Å². The standard InChI is InChI=1S/C9H10ClNS/c10-8-4-3-6-11-9(8)5-1-2-7-12/h1,3-6,12H,2,7H2. The Morgan fingerprint density at radius 1 is 1.58 bits per heavy atom. The molecule has 0 bridgehead atoms. The lowest BCUT2D eigenvalue weighted by Gasteiger charge is -1.94. The molecule has 12 heavy (non-hydrogen) atoms. The summed E-state index contributed by atoms with van der Waals surface area (Å²) in [6, 6.07) is 3.65. The lowest BCUT2D eigenvalue weighted by atomic mass is 10.3. The predicted molar refractivity (Wildman–Crippen MR) is 56.8 cm³/mol. The molecule has 0 atom stereocenters. The molecule has 0 saturated carbocycles. The van der Waals surface area contributed by atoms with Gasteiger partial charge in [-0.2, -0.15) is 12.6 Å². The van der Waals surface area contributed by atoms with E-state index in [-0.39, 0.29) is 0 Å². The van der Waals surface area contributed by atoms with Crippen LogP contribution in [0, 0.1) is 0 Å². The zero-order valence-corrected chi connectivity index (χ0v) is 8.22. The molecular weight excluding hydrogens is 190 g/mol. The molecule has 1 aromatic heterocycles. The normalized spacial score (nSPS) is 10.8. The minimum Gasteiger partial charge on any atom is -0.255 e. The second-order valence-corrected chi connectivity index (χ2v) is 3.14. The molecule has 64 valence electrons. The van der Waals surface area contributed by atoms with Gasteiger partial charge in [0.1, 0.15) is 0 Å². The van der Waals surface area contributed by atoms with Gasteiger partial charge in [0.25, 0.3) is 0 Å². The van der Waals surface area contributed by atoms with Crippen LogP contribution in [0.25, 0.3) is 6.08 Å². The van der Waals surface area contributed by atoms with Gasteiger partial charge in [0.05, 0.1) is 10.7 Å². The molecule has 0 aromatic carbocycles. The monoisotopic (exact) mass is 199 g/mol. The van der Waals surface area contributed by atoms with Gasteiger partial charge in [0.15, 0.2) is 0 Å². The number of hydrogen-bond acceptors (Lipinski definition) is 2. The number of allylic oxidation sites excluding steroid dienone is 1. The third-order valence-corrected chi connectivity index (χ3v) is 1.94. The highest BCUT2D eigenvalue weighted by Gasteiger charge is 1.93. The molecule has 0 radical (unpaired) electrons. The molecule has 1 rings (SSSR count). The topological polar surface area (TPSA) is 12.9 Å². The summed E-state index contributed by atoms with van der Waals surface area (Å²) in [5, 5.41) is 0.688. The van der Waals surface area contributed by atoms with Crippen LogP contribution in [0.15, 0.2) is 24.4 Å². The summed E-state index contributed by atoms with van der Waals surface area (Å²) in [7, 11) is 0. The van der Waals surface area contributed by atoms with E-state index in [1.165, 1.54) is 0 Å². The zero-order valence-electron chi connectivity index (χ0n) is 6.57. The highest BCUT2D eigenvalue weighted by atomic mass is 35.5. The van der Waals surface area contributed by atoms with Crippen molar-refractivity contribution in [3.63, 3.8) is 0 Å². The first-order valence-corrected chi connectivity index (χ1v) is 4.73. The van der Waals surface area contributed by atoms with Gasteiger partial charge in [-0.1, -0.05) is 17.7 Å².